The number of hydrogen-bond donors (Lipinski definition) is 1. The summed E-state index contributed by atoms with van der Waals surface area (Å²) in [5.41, 5.74) is 0.325. The summed E-state index contributed by atoms with van der Waals surface area (Å²) >= 11 is 0. The van der Waals surface area contributed by atoms with Crippen molar-refractivity contribution in [1.29, 1.82) is 0 Å². The van der Waals surface area contributed by atoms with Crippen LogP contribution in [-0.4, -0.2) is 43.1 Å². The second-order valence-corrected chi connectivity index (χ2v) is 5.45. The molecule has 1 amide bonds. The second-order valence-electron chi connectivity index (χ2n) is 3.87. The highest BCUT2D eigenvalue weighted by molar-refractivity contribution is 7.85. The maximum Gasteiger partial charge on any atom is 0.264 e. The van der Waals surface area contributed by atoms with Crippen molar-refractivity contribution in [3.05, 3.63) is 35.6 Å². The van der Waals surface area contributed by atoms with Crippen molar-refractivity contribution >= 4 is 16.0 Å². The molecule has 0 fully saturated rings. The van der Waals surface area contributed by atoms with Gasteiger partial charge in [0.2, 0.25) is 0 Å². The number of carbonyl (C=O) groups excluding carboxylic acids is 1. The summed E-state index contributed by atoms with van der Waals surface area (Å²) in [6.07, 6.45) is 0.141. The van der Waals surface area contributed by atoms with Crippen molar-refractivity contribution in [3.63, 3.8) is 0 Å². The minimum absolute atomic E-state index is 0.141. The Labute approximate surface area is 105 Å². The number of benzene rings is 1. The van der Waals surface area contributed by atoms with E-state index in [2.05, 4.69) is 0 Å². The topological polar surface area (TPSA) is 74.7 Å². The Bertz CT molecular complexity index is 512. The predicted octanol–water partition coefficient (Wildman–Crippen LogP) is 1.18. The van der Waals surface area contributed by atoms with Gasteiger partial charge in [-0.3, -0.25) is 9.35 Å². The third-order valence-corrected chi connectivity index (χ3v) is 3.14. The number of nitrogens with zero attached hydrogens (tertiary/aromatic N) is 1. The molecule has 0 saturated carbocycles. The number of amides is 1. The van der Waals surface area contributed by atoms with E-state index in [-0.39, 0.29) is 18.9 Å². The lowest BCUT2D eigenvalue weighted by molar-refractivity contribution is 0.0795. The molecule has 5 nitrogen and oxygen atoms in total. The van der Waals surface area contributed by atoms with E-state index in [4.69, 9.17) is 4.55 Å². The van der Waals surface area contributed by atoms with E-state index in [1.54, 1.807) is 0 Å². The van der Waals surface area contributed by atoms with Crippen molar-refractivity contribution < 1.29 is 22.2 Å². The fraction of sp³-hybridized carbons (Fsp3) is 0.364. The summed E-state index contributed by atoms with van der Waals surface area (Å²) in [6.45, 7) is 0.190. The van der Waals surface area contributed by atoms with Gasteiger partial charge in [0.05, 0.1) is 5.75 Å². The van der Waals surface area contributed by atoms with Gasteiger partial charge in [0, 0.05) is 19.2 Å². The predicted molar refractivity (Wildman–Crippen MR) is 64.4 cm³/mol. The summed E-state index contributed by atoms with van der Waals surface area (Å²) in [5.74, 6) is -1.15. The molecule has 0 aromatic heterocycles. The third kappa shape index (κ3) is 4.80. The molecule has 1 rings (SSSR count). The van der Waals surface area contributed by atoms with Crippen LogP contribution in [0.4, 0.5) is 4.39 Å². The zero-order chi connectivity index (χ0) is 13.8. The largest absolute Gasteiger partial charge is 0.342 e. The molecule has 0 aliphatic carbocycles. The Morgan fingerprint density at radius 2 is 1.89 bits per heavy atom. The Kier molecular flexibility index (Phi) is 4.80. The molecule has 0 heterocycles. The molecular weight excluding hydrogens is 261 g/mol. The number of halogens is 1. The van der Waals surface area contributed by atoms with Crippen LogP contribution in [0.25, 0.3) is 0 Å². The minimum Gasteiger partial charge on any atom is -0.342 e. The molecule has 0 aliphatic heterocycles. The molecule has 0 radical (unpaired) electrons. The smallest absolute Gasteiger partial charge is 0.264 e. The molecule has 0 atom stereocenters. The first-order valence-corrected chi connectivity index (χ1v) is 6.87. The number of carbonyl (C=O) groups is 1. The van der Waals surface area contributed by atoms with Crippen molar-refractivity contribution in [2.24, 2.45) is 0 Å². The summed E-state index contributed by atoms with van der Waals surface area (Å²) in [4.78, 5) is 13.1. The maximum absolute atomic E-state index is 12.7. The quantitative estimate of drug-likeness (QED) is 0.819. The van der Waals surface area contributed by atoms with Gasteiger partial charge in [0.25, 0.3) is 16.0 Å². The van der Waals surface area contributed by atoms with Crippen molar-refractivity contribution in [2.45, 2.75) is 6.42 Å². The van der Waals surface area contributed by atoms with E-state index in [9.17, 15) is 17.6 Å². The molecule has 1 N–H and O–H groups in total. The molecule has 18 heavy (non-hydrogen) atoms. The standard InChI is InChI=1S/C11H14FNO4S/c1-13(7-2-8-18(15,16)17)11(14)9-3-5-10(12)6-4-9/h3-6H,2,7-8H2,1H3,(H,15,16,17). The molecule has 0 bridgehead atoms. The number of hydrogen-bond acceptors (Lipinski definition) is 3. The van der Waals surface area contributed by atoms with Gasteiger partial charge in [0.15, 0.2) is 0 Å². The Hall–Kier alpha value is -1.47. The van der Waals surface area contributed by atoms with Crippen molar-refractivity contribution in [3.8, 4) is 0 Å². The summed E-state index contributed by atoms with van der Waals surface area (Å²) in [6, 6.07) is 5.08. The lowest BCUT2D eigenvalue weighted by Gasteiger charge is -2.16. The molecule has 0 aliphatic rings. The van der Waals surface area contributed by atoms with Crippen LogP contribution in [0.2, 0.25) is 0 Å². The van der Waals surface area contributed by atoms with Gasteiger partial charge in [-0.05, 0) is 30.7 Å². The van der Waals surface area contributed by atoms with Crippen LogP contribution in [0.3, 0.4) is 0 Å². The first-order chi connectivity index (χ1) is 8.29. The second kappa shape index (κ2) is 5.92. The van der Waals surface area contributed by atoms with Gasteiger partial charge < -0.3 is 4.90 Å². The normalized spacial score (nSPS) is 11.3. The molecule has 0 unspecified atom stereocenters. The van der Waals surface area contributed by atoms with E-state index in [1.165, 1.54) is 36.2 Å². The van der Waals surface area contributed by atoms with E-state index in [0.29, 0.717) is 5.56 Å². The first-order valence-electron chi connectivity index (χ1n) is 5.26. The van der Waals surface area contributed by atoms with Gasteiger partial charge in [-0.1, -0.05) is 0 Å². The van der Waals surface area contributed by atoms with Gasteiger partial charge in [-0.15, -0.1) is 0 Å². The molecule has 0 saturated heterocycles. The third-order valence-electron chi connectivity index (χ3n) is 2.33. The van der Waals surface area contributed by atoms with Crippen molar-refractivity contribution in [2.75, 3.05) is 19.3 Å². The molecule has 0 spiro atoms. The average Bonchev–Trinajstić information content (AvgIpc) is 2.27. The van der Waals surface area contributed by atoms with Crippen LogP contribution in [0, 0.1) is 5.82 Å². The zero-order valence-corrected chi connectivity index (χ0v) is 10.7. The monoisotopic (exact) mass is 275 g/mol. The SMILES string of the molecule is CN(CCCS(=O)(=O)O)C(=O)c1ccc(F)cc1. The summed E-state index contributed by atoms with van der Waals surface area (Å²) < 4.78 is 42.2. The van der Waals surface area contributed by atoms with E-state index in [0.717, 1.165) is 0 Å². The molecule has 7 heteroatoms. The summed E-state index contributed by atoms with van der Waals surface area (Å²) in [7, 11) is -2.49. The Morgan fingerprint density at radius 3 is 2.39 bits per heavy atom. The molecule has 1 aromatic carbocycles. The molecule has 1 aromatic rings. The van der Waals surface area contributed by atoms with E-state index >= 15 is 0 Å². The van der Waals surface area contributed by atoms with E-state index < -0.39 is 21.7 Å². The van der Waals surface area contributed by atoms with E-state index in [1.807, 2.05) is 0 Å². The van der Waals surface area contributed by atoms with Crippen LogP contribution in [0.1, 0.15) is 16.8 Å². The highest BCUT2D eigenvalue weighted by atomic mass is 32.2. The maximum atomic E-state index is 12.7. The van der Waals surface area contributed by atoms with Gasteiger partial charge in [-0.2, -0.15) is 8.42 Å². The zero-order valence-electron chi connectivity index (χ0n) is 9.84. The van der Waals surface area contributed by atoms with Crippen molar-refractivity contribution in [1.82, 2.24) is 4.90 Å². The van der Waals surface area contributed by atoms with Gasteiger partial charge in [0.1, 0.15) is 5.82 Å². The average molecular weight is 275 g/mol. The van der Waals surface area contributed by atoms with Crippen LogP contribution in [0.5, 0.6) is 0 Å². The van der Waals surface area contributed by atoms with Crippen LogP contribution in [-0.2, 0) is 10.1 Å². The summed E-state index contributed by atoms with van der Waals surface area (Å²) in [5, 5.41) is 0. The highest BCUT2D eigenvalue weighted by Gasteiger charge is 2.12. The minimum atomic E-state index is -4.00. The van der Waals surface area contributed by atoms with Crippen LogP contribution >= 0.6 is 0 Å². The Balaban J connectivity index is 2.54. The number of rotatable bonds is 5. The van der Waals surface area contributed by atoms with Gasteiger partial charge >= 0.3 is 0 Å². The van der Waals surface area contributed by atoms with Gasteiger partial charge in [-0.25, -0.2) is 4.39 Å². The Morgan fingerprint density at radius 1 is 1.33 bits per heavy atom. The first kappa shape index (κ1) is 14.6. The fourth-order valence-corrected chi connectivity index (χ4v) is 1.89. The van der Waals surface area contributed by atoms with Crippen LogP contribution < -0.4 is 0 Å². The molecule has 100 valence electrons. The fourth-order valence-electron chi connectivity index (χ4n) is 1.40. The highest BCUT2D eigenvalue weighted by Crippen LogP contribution is 2.06. The lowest BCUT2D eigenvalue weighted by atomic mass is 10.2. The lowest BCUT2D eigenvalue weighted by Crippen LogP contribution is -2.28. The molecular formula is C11H14FNO4S. The van der Waals surface area contributed by atoms with Crippen LogP contribution in [0.15, 0.2) is 24.3 Å².